The molecule has 1 heterocycles. The molecule has 0 radical (unpaired) electrons. The first kappa shape index (κ1) is 15.1. The third-order valence-electron chi connectivity index (χ3n) is 2.95. The summed E-state index contributed by atoms with van der Waals surface area (Å²) in [6, 6.07) is 3.43. The molecule has 0 fully saturated rings. The maximum atomic E-state index is 10.1. The van der Waals surface area contributed by atoms with Gasteiger partial charge in [-0.05, 0) is 19.9 Å². The second-order valence-corrected chi connectivity index (χ2v) is 6.23. The molecule has 0 spiro atoms. The van der Waals surface area contributed by atoms with Crippen molar-refractivity contribution in [2.75, 3.05) is 7.11 Å². The Bertz CT molecular complexity index is 601. The molecule has 1 unspecified atom stereocenters. The lowest BCUT2D eigenvalue weighted by atomic mass is 10.1. The van der Waals surface area contributed by atoms with Crippen molar-refractivity contribution in [2.24, 2.45) is 0 Å². The van der Waals surface area contributed by atoms with Gasteiger partial charge in [0, 0.05) is 34.3 Å². The topological polar surface area (TPSA) is 54.4 Å². The highest BCUT2D eigenvalue weighted by molar-refractivity contribution is 7.11. The van der Waals surface area contributed by atoms with Gasteiger partial charge in [-0.15, -0.1) is 11.3 Å². The molecule has 0 aliphatic heterocycles. The van der Waals surface area contributed by atoms with Crippen LogP contribution in [0.5, 0.6) is 11.5 Å². The van der Waals surface area contributed by atoms with Gasteiger partial charge in [-0.3, -0.25) is 0 Å². The molecule has 20 heavy (non-hydrogen) atoms. The molecule has 1 aromatic carbocycles. The van der Waals surface area contributed by atoms with Crippen molar-refractivity contribution in [3.63, 3.8) is 0 Å². The second-order valence-electron chi connectivity index (χ2n) is 4.53. The van der Waals surface area contributed by atoms with Crippen molar-refractivity contribution < 1.29 is 9.84 Å². The number of hydrogen-bond acceptors (Lipinski definition) is 5. The first-order chi connectivity index (χ1) is 9.51. The average molecular weight is 313 g/mol. The maximum Gasteiger partial charge on any atom is 0.162 e. The average Bonchev–Trinajstić information content (AvgIpc) is 2.85. The molecular weight excluding hydrogens is 296 g/mol. The van der Waals surface area contributed by atoms with Crippen LogP contribution in [0.1, 0.15) is 28.4 Å². The Kier molecular flexibility index (Phi) is 4.86. The number of nitrogens with zero attached hydrogens (tertiary/aromatic N) is 1. The number of halogens is 1. The molecule has 108 valence electrons. The van der Waals surface area contributed by atoms with Gasteiger partial charge in [0.1, 0.15) is 5.01 Å². The van der Waals surface area contributed by atoms with E-state index in [0.29, 0.717) is 22.9 Å². The van der Waals surface area contributed by atoms with E-state index in [1.54, 1.807) is 23.5 Å². The van der Waals surface area contributed by atoms with Gasteiger partial charge >= 0.3 is 0 Å². The van der Waals surface area contributed by atoms with Crippen LogP contribution in [0.25, 0.3) is 0 Å². The van der Waals surface area contributed by atoms with E-state index in [2.05, 4.69) is 10.3 Å². The summed E-state index contributed by atoms with van der Waals surface area (Å²) >= 11 is 7.67. The normalized spacial score (nSPS) is 12.4. The lowest BCUT2D eigenvalue weighted by Gasteiger charge is -2.14. The zero-order valence-corrected chi connectivity index (χ0v) is 13.2. The summed E-state index contributed by atoms with van der Waals surface area (Å²) in [6.07, 6.45) is 1.86. The monoisotopic (exact) mass is 312 g/mol. The molecule has 2 rings (SSSR count). The SMILES string of the molecule is COc1cc(Cl)cc(CNC(C)c2ncc(C)s2)c1O. The molecule has 0 saturated heterocycles. The molecule has 0 bridgehead atoms. The molecule has 0 aliphatic carbocycles. The molecule has 2 aromatic rings. The number of nitrogens with one attached hydrogen (secondary N) is 1. The van der Waals surface area contributed by atoms with Gasteiger partial charge in [0.05, 0.1) is 13.2 Å². The van der Waals surface area contributed by atoms with Crippen molar-refractivity contribution in [1.29, 1.82) is 0 Å². The summed E-state index contributed by atoms with van der Waals surface area (Å²) in [6.45, 7) is 4.56. The van der Waals surface area contributed by atoms with Gasteiger partial charge in [0.25, 0.3) is 0 Å². The highest BCUT2D eigenvalue weighted by atomic mass is 35.5. The van der Waals surface area contributed by atoms with E-state index in [4.69, 9.17) is 16.3 Å². The second kappa shape index (κ2) is 6.43. The van der Waals surface area contributed by atoms with Crippen LogP contribution in [-0.2, 0) is 6.54 Å². The Balaban J connectivity index is 2.09. The Morgan fingerprint density at radius 3 is 2.85 bits per heavy atom. The molecule has 4 nitrogen and oxygen atoms in total. The number of aromatic hydroxyl groups is 1. The van der Waals surface area contributed by atoms with Gasteiger partial charge in [0.2, 0.25) is 0 Å². The Hall–Kier alpha value is -1.30. The van der Waals surface area contributed by atoms with Crippen molar-refractivity contribution in [3.05, 3.63) is 38.8 Å². The van der Waals surface area contributed by atoms with E-state index in [-0.39, 0.29) is 11.8 Å². The van der Waals surface area contributed by atoms with Crippen LogP contribution in [0.3, 0.4) is 0 Å². The third-order valence-corrected chi connectivity index (χ3v) is 4.26. The molecule has 1 atom stereocenters. The van der Waals surface area contributed by atoms with Crippen LogP contribution in [-0.4, -0.2) is 17.2 Å². The van der Waals surface area contributed by atoms with E-state index in [0.717, 1.165) is 5.01 Å². The van der Waals surface area contributed by atoms with Crippen LogP contribution >= 0.6 is 22.9 Å². The fourth-order valence-electron chi connectivity index (χ4n) is 1.84. The number of methoxy groups -OCH3 is 1. The number of thiazole rings is 1. The summed E-state index contributed by atoms with van der Waals surface area (Å²) in [5.74, 6) is 0.499. The van der Waals surface area contributed by atoms with Crippen LogP contribution in [0.2, 0.25) is 5.02 Å². The van der Waals surface area contributed by atoms with Crippen molar-refractivity contribution in [3.8, 4) is 11.5 Å². The largest absolute Gasteiger partial charge is 0.504 e. The zero-order valence-electron chi connectivity index (χ0n) is 11.6. The Labute approximate surface area is 127 Å². The summed E-state index contributed by atoms with van der Waals surface area (Å²) in [5.41, 5.74) is 0.703. The Morgan fingerprint density at radius 1 is 1.50 bits per heavy atom. The lowest BCUT2D eigenvalue weighted by Crippen LogP contribution is -2.18. The molecule has 2 N–H and O–H groups in total. The van der Waals surface area contributed by atoms with Crippen LogP contribution in [0.4, 0.5) is 0 Å². The summed E-state index contributed by atoms with van der Waals surface area (Å²) in [4.78, 5) is 5.53. The third kappa shape index (κ3) is 3.42. The lowest BCUT2D eigenvalue weighted by molar-refractivity contribution is 0.369. The number of phenols is 1. The summed E-state index contributed by atoms with van der Waals surface area (Å²) in [5, 5.41) is 14.9. The fourth-order valence-corrected chi connectivity index (χ4v) is 2.87. The number of phenolic OH excluding ortho intramolecular Hbond substituents is 1. The van der Waals surface area contributed by atoms with E-state index < -0.39 is 0 Å². The van der Waals surface area contributed by atoms with Gasteiger partial charge in [-0.2, -0.15) is 0 Å². The number of hydrogen-bond donors (Lipinski definition) is 2. The highest BCUT2D eigenvalue weighted by Gasteiger charge is 2.13. The summed E-state index contributed by atoms with van der Waals surface area (Å²) in [7, 11) is 1.50. The van der Waals surface area contributed by atoms with Gasteiger partial charge < -0.3 is 15.2 Å². The van der Waals surface area contributed by atoms with Gasteiger partial charge in [-0.1, -0.05) is 11.6 Å². The molecule has 1 aromatic heterocycles. The smallest absolute Gasteiger partial charge is 0.162 e. The predicted molar refractivity (Wildman–Crippen MR) is 81.8 cm³/mol. The van der Waals surface area contributed by atoms with E-state index >= 15 is 0 Å². The van der Waals surface area contributed by atoms with Crippen molar-refractivity contribution in [1.82, 2.24) is 10.3 Å². The molecule has 0 saturated carbocycles. The first-order valence-corrected chi connectivity index (χ1v) is 7.41. The maximum absolute atomic E-state index is 10.1. The standard InChI is InChI=1S/C14H17ClN2O2S/c1-8-6-17-14(20-8)9(2)16-7-10-4-11(15)5-12(19-3)13(10)18/h4-6,9,16,18H,7H2,1-3H3. The van der Waals surface area contributed by atoms with E-state index in [1.165, 1.54) is 12.0 Å². The van der Waals surface area contributed by atoms with E-state index in [1.807, 2.05) is 20.0 Å². The zero-order chi connectivity index (χ0) is 14.7. The summed E-state index contributed by atoms with van der Waals surface area (Å²) < 4.78 is 5.09. The Morgan fingerprint density at radius 2 is 2.25 bits per heavy atom. The van der Waals surface area contributed by atoms with Crippen LogP contribution in [0, 0.1) is 6.92 Å². The molecule has 0 amide bonds. The first-order valence-electron chi connectivity index (χ1n) is 6.22. The predicted octanol–water partition coefficient (Wildman–Crippen LogP) is 3.67. The molecule has 6 heteroatoms. The number of rotatable bonds is 5. The fraction of sp³-hybridized carbons (Fsp3) is 0.357. The number of aryl methyl sites for hydroxylation is 1. The molecular formula is C14H17ClN2O2S. The van der Waals surface area contributed by atoms with Crippen LogP contribution < -0.4 is 10.1 Å². The van der Waals surface area contributed by atoms with Gasteiger partial charge in [-0.25, -0.2) is 4.98 Å². The van der Waals surface area contributed by atoms with Crippen LogP contribution in [0.15, 0.2) is 18.3 Å². The van der Waals surface area contributed by atoms with Gasteiger partial charge in [0.15, 0.2) is 11.5 Å². The minimum atomic E-state index is 0.109. The quantitative estimate of drug-likeness (QED) is 0.884. The van der Waals surface area contributed by atoms with E-state index in [9.17, 15) is 5.11 Å². The number of ether oxygens (including phenoxy) is 1. The van der Waals surface area contributed by atoms with Crippen molar-refractivity contribution in [2.45, 2.75) is 26.4 Å². The van der Waals surface area contributed by atoms with Crippen molar-refractivity contribution >= 4 is 22.9 Å². The number of benzene rings is 1. The minimum Gasteiger partial charge on any atom is -0.504 e. The highest BCUT2D eigenvalue weighted by Crippen LogP contribution is 2.33. The minimum absolute atomic E-state index is 0.109. The number of aromatic nitrogens is 1. The molecule has 0 aliphatic rings.